The Bertz CT molecular complexity index is 1340. The largest absolute Gasteiger partial charge is 0.455 e. The predicted molar refractivity (Wildman–Crippen MR) is 153 cm³/mol. The number of rotatable bonds is 8. The van der Waals surface area contributed by atoms with Gasteiger partial charge in [-0.15, -0.1) is 0 Å². The van der Waals surface area contributed by atoms with E-state index in [2.05, 4.69) is 51.5 Å². The highest BCUT2D eigenvalue weighted by atomic mass is 16.5. The molecular weight excluding hydrogens is 508 g/mol. The maximum atomic E-state index is 12.7. The molecule has 0 radical (unpaired) electrons. The summed E-state index contributed by atoms with van der Waals surface area (Å²) in [6.07, 6.45) is 4.12. The molecule has 1 N–H and O–H groups in total. The Labute approximate surface area is 234 Å². The van der Waals surface area contributed by atoms with Crippen molar-refractivity contribution in [3.8, 4) is 22.8 Å². The van der Waals surface area contributed by atoms with Gasteiger partial charge in [-0.25, -0.2) is 19.5 Å². The van der Waals surface area contributed by atoms with E-state index >= 15 is 0 Å². The number of nitrogens with zero attached hydrogens (tertiary/aromatic N) is 5. The quantitative estimate of drug-likeness (QED) is 0.427. The smallest absolute Gasteiger partial charge is 0.331 e. The first kappa shape index (κ1) is 27.5. The van der Waals surface area contributed by atoms with Crippen LogP contribution in [0.5, 0.6) is 11.5 Å². The lowest BCUT2D eigenvalue weighted by Gasteiger charge is -2.29. The van der Waals surface area contributed by atoms with Crippen LogP contribution in [-0.2, 0) is 4.74 Å². The number of carbonyl (C=O) groups is 2. The van der Waals surface area contributed by atoms with Crippen LogP contribution in [0.4, 0.5) is 15.4 Å². The number of urea groups is 2. The van der Waals surface area contributed by atoms with Crippen molar-refractivity contribution in [1.29, 1.82) is 0 Å². The van der Waals surface area contributed by atoms with Gasteiger partial charge in [0.25, 0.3) is 0 Å². The number of hydrogen-bond acceptors (Lipinski definition) is 7. The molecule has 40 heavy (non-hydrogen) atoms. The van der Waals surface area contributed by atoms with Crippen molar-refractivity contribution >= 4 is 17.9 Å². The topological polar surface area (TPSA) is 100 Å². The van der Waals surface area contributed by atoms with E-state index < -0.39 is 6.03 Å². The van der Waals surface area contributed by atoms with Gasteiger partial charge in [0, 0.05) is 44.6 Å². The van der Waals surface area contributed by atoms with Crippen molar-refractivity contribution in [1.82, 2.24) is 24.7 Å². The highest BCUT2D eigenvalue weighted by Gasteiger charge is 2.33. The Morgan fingerprint density at radius 3 is 2.55 bits per heavy atom. The van der Waals surface area contributed by atoms with Gasteiger partial charge in [0.05, 0.1) is 18.0 Å². The molecule has 4 amide bonds. The van der Waals surface area contributed by atoms with Gasteiger partial charge < -0.3 is 19.3 Å². The molecule has 10 heteroatoms. The summed E-state index contributed by atoms with van der Waals surface area (Å²) in [7, 11) is 3.76. The molecule has 1 aromatic carbocycles. The lowest BCUT2D eigenvalue weighted by molar-refractivity contribution is 0.156. The van der Waals surface area contributed by atoms with Gasteiger partial charge in [0.1, 0.15) is 17.3 Å². The van der Waals surface area contributed by atoms with E-state index in [-0.39, 0.29) is 6.03 Å². The number of aryl methyl sites for hydroxylation is 1. The minimum atomic E-state index is -0.508. The Balaban J connectivity index is 1.21. The molecule has 0 spiro atoms. The Morgan fingerprint density at radius 2 is 1.82 bits per heavy atom. The van der Waals surface area contributed by atoms with Crippen molar-refractivity contribution in [2.75, 3.05) is 58.8 Å². The third-order valence-corrected chi connectivity index (χ3v) is 7.53. The SMILES string of the molecule is COCCN1CCN(C(=O)Nc2ccc(Oc3ccnc(-c4ccc(C5CCN(C)CC5)cc4)c3)c(C)n2)C1=O. The summed E-state index contributed by atoms with van der Waals surface area (Å²) in [6, 6.07) is 15.0. The Morgan fingerprint density at radius 1 is 1.05 bits per heavy atom. The molecular formula is C30H36N6O4. The van der Waals surface area contributed by atoms with Crippen LogP contribution < -0.4 is 10.1 Å². The number of hydrogen-bond donors (Lipinski definition) is 1. The molecule has 0 unspecified atom stereocenters. The number of likely N-dealkylation sites (tertiary alicyclic amines) is 1. The molecule has 0 saturated carbocycles. The minimum Gasteiger partial charge on any atom is -0.455 e. The zero-order chi connectivity index (χ0) is 28.1. The maximum absolute atomic E-state index is 12.7. The molecule has 2 fully saturated rings. The zero-order valence-electron chi connectivity index (χ0n) is 23.3. The van der Waals surface area contributed by atoms with Gasteiger partial charge in [0.2, 0.25) is 0 Å². The summed E-state index contributed by atoms with van der Waals surface area (Å²) in [6.45, 7) is 5.76. The summed E-state index contributed by atoms with van der Waals surface area (Å²) in [5, 5.41) is 2.71. The molecule has 5 rings (SSSR count). The maximum Gasteiger partial charge on any atom is 0.331 e. The average Bonchev–Trinajstić information content (AvgIpc) is 3.34. The van der Waals surface area contributed by atoms with Crippen LogP contribution in [0, 0.1) is 6.92 Å². The van der Waals surface area contributed by atoms with Crippen LogP contribution in [0.3, 0.4) is 0 Å². The van der Waals surface area contributed by atoms with E-state index in [4.69, 9.17) is 9.47 Å². The van der Waals surface area contributed by atoms with E-state index in [1.54, 1.807) is 36.4 Å². The second-order valence-electron chi connectivity index (χ2n) is 10.3. The molecule has 3 aromatic rings. The first-order chi connectivity index (χ1) is 19.4. The molecule has 2 aromatic heterocycles. The third-order valence-electron chi connectivity index (χ3n) is 7.53. The number of imide groups is 1. The fourth-order valence-corrected chi connectivity index (χ4v) is 5.11. The summed E-state index contributed by atoms with van der Waals surface area (Å²) in [5.74, 6) is 2.17. The lowest BCUT2D eigenvalue weighted by Crippen LogP contribution is -2.39. The number of piperidine rings is 1. The van der Waals surface area contributed by atoms with Gasteiger partial charge in [-0.1, -0.05) is 24.3 Å². The van der Waals surface area contributed by atoms with Gasteiger partial charge >= 0.3 is 12.1 Å². The van der Waals surface area contributed by atoms with Crippen LogP contribution in [0.2, 0.25) is 0 Å². The van der Waals surface area contributed by atoms with E-state index in [1.165, 1.54) is 23.3 Å². The third kappa shape index (κ3) is 6.40. The van der Waals surface area contributed by atoms with Gasteiger partial charge in [-0.05, 0) is 69.6 Å². The second kappa shape index (κ2) is 12.4. The van der Waals surface area contributed by atoms with Crippen LogP contribution in [0.1, 0.15) is 30.0 Å². The standard InChI is InChI=1S/C30H36N6O4/c1-21-27(8-9-28(32-21)33-29(37)36-17-16-35(30(36)38)18-19-39-3)40-25-10-13-31-26(20-25)24-6-4-22(5-7-24)23-11-14-34(2)15-12-23/h4-10,13,20,23H,11-12,14-19H2,1-3H3,(H,32,33,37). The Hall–Kier alpha value is -4.02. The van der Waals surface area contributed by atoms with Gasteiger partial charge in [-0.2, -0.15) is 0 Å². The number of nitrogens with one attached hydrogen (secondary N) is 1. The summed E-state index contributed by atoms with van der Waals surface area (Å²) in [4.78, 5) is 39.3. The number of pyridine rings is 2. The summed E-state index contributed by atoms with van der Waals surface area (Å²) < 4.78 is 11.2. The number of methoxy groups -OCH3 is 1. The minimum absolute atomic E-state index is 0.319. The first-order valence-corrected chi connectivity index (χ1v) is 13.7. The number of anilines is 1. The number of amides is 4. The van der Waals surface area contributed by atoms with E-state index in [0.717, 1.165) is 24.3 Å². The summed E-state index contributed by atoms with van der Waals surface area (Å²) in [5.41, 5.74) is 3.85. The molecule has 2 aliphatic rings. The van der Waals surface area contributed by atoms with E-state index in [1.807, 2.05) is 13.0 Å². The van der Waals surface area contributed by atoms with Crippen molar-refractivity contribution in [3.05, 3.63) is 66.0 Å². The second-order valence-corrected chi connectivity index (χ2v) is 10.3. The molecule has 0 bridgehead atoms. The molecule has 0 aliphatic carbocycles. The monoisotopic (exact) mass is 544 g/mol. The van der Waals surface area contributed by atoms with Crippen LogP contribution in [0.25, 0.3) is 11.3 Å². The molecule has 4 heterocycles. The molecule has 2 aliphatic heterocycles. The zero-order valence-corrected chi connectivity index (χ0v) is 23.3. The van der Waals surface area contributed by atoms with Crippen LogP contribution in [0.15, 0.2) is 54.7 Å². The molecule has 0 atom stereocenters. The van der Waals surface area contributed by atoms with Crippen LogP contribution in [-0.4, -0.2) is 90.2 Å². The van der Waals surface area contributed by atoms with Gasteiger partial charge in [-0.3, -0.25) is 10.3 Å². The normalized spacial score (nSPS) is 16.4. The van der Waals surface area contributed by atoms with Crippen LogP contribution >= 0.6 is 0 Å². The number of aromatic nitrogens is 2. The molecule has 2 saturated heterocycles. The van der Waals surface area contributed by atoms with Crippen molar-refractivity contribution < 1.29 is 19.1 Å². The van der Waals surface area contributed by atoms with E-state index in [0.29, 0.717) is 55.2 Å². The van der Waals surface area contributed by atoms with E-state index in [9.17, 15) is 9.59 Å². The number of carbonyl (C=O) groups excluding carboxylic acids is 2. The fraction of sp³-hybridized carbons (Fsp3) is 0.400. The summed E-state index contributed by atoms with van der Waals surface area (Å²) >= 11 is 0. The predicted octanol–water partition coefficient (Wildman–Crippen LogP) is 4.97. The Kier molecular flexibility index (Phi) is 8.57. The average molecular weight is 545 g/mol. The van der Waals surface area contributed by atoms with Crippen molar-refractivity contribution in [2.45, 2.75) is 25.7 Å². The number of benzene rings is 1. The highest BCUT2D eigenvalue weighted by molar-refractivity contribution is 6.01. The molecule has 210 valence electrons. The van der Waals surface area contributed by atoms with Gasteiger partial charge in [0.15, 0.2) is 0 Å². The fourth-order valence-electron chi connectivity index (χ4n) is 5.11. The first-order valence-electron chi connectivity index (χ1n) is 13.7. The van der Waals surface area contributed by atoms with Crippen molar-refractivity contribution in [3.63, 3.8) is 0 Å². The highest BCUT2D eigenvalue weighted by Crippen LogP contribution is 2.31. The lowest BCUT2D eigenvalue weighted by atomic mass is 9.89. The molecule has 10 nitrogen and oxygen atoms in total. The van der Waals surface area contributed by atoms with Crippen molar-refractivity contribution in [2.24, 2.45) is 0 Å². The number of ether oxygens (including phenoxy) is 2.